The fraction of sp³-hybridized carbons (Fsp3) is 0.333. The lowest BCUT2D eigenvalue weighted by Crippen LogP contribution is -2.20. The van der Waals surface area contributed by atoms with Crippen molar-refractivity contribution in [2.75, 3.05) is 18.5 Å². The van der Waals surface area contributed by atoms with Gasteiger partial charge in [-0.05, 0) is 62.7 Å². The molecule has 34 heavy (non-hydrogen) atoms. The van der Waals surface area contributed by atoms with Gasteiger partial charge in [-0.15, -0.1) is 0 Å². The second-order valence-corrected chi connectivity index (χ2v) is 7.63. The number of benzene rings is 2. The van der Waals surface area contributed by atoms with Crippen LogP contribution in [0.25, 0.3) is 0 Å². The van der Waals surface area contributed by atoms with E-state index in [4.69, 9.17) is 25.8 Å². The van der Waals surface area contributed by atoms with Crippen molar-refractivity contribution in [1.29, 1.82) is 0 Å². The van der Waals surface area contributed by atoms with E-state index in [9.17, 15) is 13.6 Å². The Morgan fingerprint density at radius 2 is 1.74 bits per heavy atom. The van der Waals surface area contributed by atoms with E-state index < -0.39 is 18.0 Å². The monoisotopic (exact) mass is 493 g/mol. The Balaban J connectivity index is 1.57. The second-order valence-electron chi connectivity index (χ2n) is 7.25. The van der Waals surface area contributed by atoms with E-state index in [1.807, 2.05) is 32.0 Å². The molecule has 1 N–H and O–H groups in total. The lowest BCUT2D eigenvalue weighted by molar-refractivity contribution is -0.117. The molecule has 3 rings (SSSR count). The van der Waals surface area contributed by atoms with Crippen LogP contribution in [0.2, 0.25) is 5.02 Å². The maximum atomic E-state index is 12.9. The zero-order valence-corrected chi connectivity index (χ0v) is 19.9. The van der Waals surface area contributed by atoms with Crippen molar-refractivity contribution in [3.63, 3.8) is 0 Å². The third kappa shape index (κ3) is 6.38. The van der Waals surface area contributed by atoms with Crippen LogP contribution in [0.4, 0.5) is 14.5 Å². The highest BCUT2D eigenvalue weighted by Crippen LogP contribution is 2.30. The molecular weight excluding hydrogens is 468 g/mol. The molecule has 0 aliphatic rings. The predicted molar refractivity (Wildman–Crippen MR) is 125 cm³/mol. The number of halogens is 3. The third-order valence-electron chi connectivity index (χ3n) is 4.81. The molecule has 1 amide bonds. The van der Waals surface area contributed by atoms with Crippen molar-refractivity contribution in [2.45, 2.75) is 40.3 Å². The summed E-state index contributed by atoms with van der Waals surface area (Å²) in [6, 6.07) is 12.5. The zero-order chi connectivity index (χ0) is 24.7. The Hall–Kier alpha value is -3.33. The first-order valence-corrected chi connectivity index (χ1v) is 11.1. The summed E-state index contributed by atoms with van der Waals surface area (Å²) in [5.41, 5.74) is 1.22. The Bertz CT molecular complexity index is 1120. The van der Waals surface area contributed by atoms with Crippen molar-refractivity contribution in [3.05, 3.63) is 64.4 Å². The minimum absolute atomic E-state index is 0.134. The fourth-order valence-corrected chi connectivity index (χ4v) is 3.38. The van der Waals surface area contributed by atoms with E-state index >= 15 is 0 Å². The van der Waals surface area contributed by atoms with E-state index in [2.05, 4.69) is 10.4 Å². The van der Waals surface area contributed by atoms with Crippen LogP contribution >= 0.6 is 11.6 Å². The largest absolute Gasteiger partial charge is 0.490 e. The number of aromatic nitrogens is 2. The number of hydrogen-bond donors (Lipinski definition) is 1. The smallest absolute Gasteiger partial charge is 0.283 e. The molecule has 0 fully saturated rings. The molecule has 2 aromatic carbocycles. The maximum absolute atomic E-state index is 12.9. The number of alkyl halides is 2. The number of amides is 1. The number of ether oxygens (including phenoxy) is 3. The molecule has 0 radical (unpaired) electrons. The molecule has 1 aromatic heterocycles. The molecule has 0 saturated heterocycles. The highest BCUT2D eigenvalue weighted by molar-refractivity contribution is 6.31. The van der Waals surface area contributed by atoms with Crippen LogP contribution < -0.4 is 19.5 Å². The number of nitrogens with zero attached hydrogens (tertiary/aromatic N) is 2. The van der Waals surface area contributed by atoms with Crippen molar-refractivity contribution in [2.24, 2.45) is 0 Å². The van der Waals surface area contributed by atoms with E-state index in [0.717, 1.165) is 10.2 Å². The number of hydrogen-bond acceptors (Lipinski definition) is 5. The van der Waals surface area contributed by atoms with E-state index in [1.165, 1.54) is 6.92 Å². The van der Waals surface area contributed by atoms with Gasteiger partial charge in [0.1, 0.15) is 24.6 Å². The summed E-state index contributed by atoms with van der Waals surface area (Å²) in [7, 11) is 0. The van der Waals surface area contributed by atoms with E-state index in [-0.39, 0.29) is 11.6 Å². The number of carbonyl (C=O) groups excluding carboxylic acids is 1. The van der Waals surface area contributed by atoms with Gasteiger partial charge in [0.15, 0.2) is 11.5 Å². The van der Waals surface area contributed by atoms with Gasteiger partial charge < -0.3 is 19.5 Å². The molecule has 1 heterocycles. The summed E-state index contributed by atoms with van der Waals surface area (Å²) in [6.07, 6.45) is -2.81. The second kappa shape index (κ2) is 11.7. The first-order valence-electron chi connectivity index (χ1n) is 10.7. The van der Waals surface area contributed by atoms with Crippen molar-refractivity contribution < 1.29 is 27.8 Å². The van der Waals surface area contributed by atoms with Crippen molar-refractivity contribution >= 4 is 23.2 Å². The molecular formula is C24H26ClF2N3O4. The molecule has 0 atom stereocenters. The summed E-state index contributed by atoms with van der Waals surface area (Å²) in [5, 5.41) is 6.29. The average Bonchev–Trinajstić information content (AvgIpc) is 3.09. The topological polar surface area (TPSA) is 74.6 Å². The number of nitrogens with one attached hydrogen (secondary N) is 1. The van der Waals surface area contributed by atoms with Crippen molar-refractivity contribution in [3.8, 4) is 17.2 Å². The van der Waals surface area contributed by atoms with Gasteiger partial charge in [0.2, 0.25) is 5.91 Å². The molecule has 0 saturated carbocycles. The first-order chi connectivity index (χ1) is 16.3. The van der Waals surface area contributed by atoms with Crippen LogP contribution in [0, 0.1) is 6.92 Å². The fourth-order valence-electron chi connectivity index (χ4n) is 3.16. The zero-order valence-electron chi connectivity index (χ0n) is 19.1. The predicted octanol–water partition coefficient (Wildman–Crippen LogP) is 5.80. The molecule has 0 aliphatic carbocycles. The van der Waals surface area contributed by atoms with Gasteiger partial charge in [0, 0.05) is 5.69 Å². The minimum Gasteiger partial charge on any atom is -0.490 e. The number of carbonyl (C=O) groups is 1. The van der Waals surface area contributed by atoms with E-state index in [0.29, 0.717) is 48.5 Å². The average molecular weight is 494 g/mol. The van der Waals surface area contributed by atoms with Gasteiger partial charge in [0.05, 0.1) is 23.9 Å². The van der Waals surface area contributed by atoms with Crippen LogP contribution in [-0.4, -0.2) is 28.9 Å². The molecule has 0 unspecified atom stereocenters. The quantitative estimate of drug-likeness (QED) is 0.365. The van der Waals surface area contributed by atoms with Crippen LogP contribution in [0.15, 0.2) is 42.5 Å². The summed E-state index contributed by atoms with van der Waals surface area (Å²) in [4.78, 5) is 12.3. The molecule has 182 valence electrons. The van der Waals surface area contributed by atoms with Crippen LogP contribution in [0.1, 0.15) is 37.2 Å². The van der Waals surface area contributed by atoms with Gasteiger partial charge in [-0.1, -0.05) is 17.7 Å². The Labute approximate surface area is 201 Å². The lowest BCUT2D eigenvalue weighted by atomic mass is 10.2. The Kier molecular flexibility index (Phi) is 8.70. The van der Waals surface area contributed by atoms with Gasteiger partial charge >= 0.3 is 0 Å². The molecule has 10 heteroatoms. The summed E-state index contributed by atoms with van der Waals surface area (Å²) in [6.45, 7) is 6.51. The van der Waals surface area contributed by atoms with Gasteiger partial charge in [-0.3, -0.25) is 9.48 Å². The maximum Gasteiger partial charge on any atom is 0.283 e. The SMILES string of the molecule is CCOc1ccc(COc2ccc(NC(=O)Cn3nc(C(F)F)c(Cl)c3C)cc2)cc1OCC. The standard InChI is InChI=1S/C24H26ClF2N3O4/c1-4-32-19-11-6-16(12-20(19)33-5-2)14-34-18-9-7-17(8-10-18)28-21(31)13-30-15(3)22(25)23(29-30)24(26)27/h6-12,24H,4-5,13-14H2,1-3H3,(H,28,31). The van der Waals surface area contributed by atoms with Gasteiger partial charge in [-0.2, -0.15) is 5.10 Å². The summed E-state index contributed by atoms with van der Waals surface area (Å²) < 4.78 is 44.0. The molecule has 3 aromatic rings. The molecule has 0 spiro atoms. The number of anilines is 1. The molecule has 7 nitrogen and oxygen atoms in total. The third-order valence-corrected chi connectivity index (χ3v) is 5.28. The first kappa shape index (κ1) is 25.3. The van der Waals surface area contributed by atoms with Gasteiger partial charge in [-0.25, -0.2) is 8.78 Å². The lowest BCUT2D eigenvalue weighted by Gasteiger charge is -2.13. The van der Waals surface area contributed by atoms with Crippen LogP contribution in [0.3, 0.4) is 0 Å². The Morgan fingerprint density at radius 3 is 2.35 bits per heavy atom. The molecule has 0 aliphatic heterocycles. The van der Waals surface area contributed by atoms with Crippen LogP contribution in [-0.2, 0) is 17.9 Å². The highest BCUT2D eigenvalue weighted by Gasteiger charge is 2.21. The van der Waals surface area contributed by atoms with Gasteiger partial charge in [0.25, 0.3) is 6.43 Å². The highest BCUT2D eigenvalue weighted by atomic mass is 35.5. The van der Waals surface area contributed by atoms with Crippen LogP contribution in [0.5, 0.6) is 17.2 Å². The normalized spacial score (nSPS) is 10.9. The van der Waals surface area contributed by atoms with E-state index in [1.54, 1.807) is 24.3 Å². The van der Waals surface area contributed by atoms with Crippen molar-refractivity contribution in [1.82, 2.24) is 9.78 Å². The number of rotatable bonds is 11. The minimum atomic E-state index is -2.81. The summed E-state index contributed by atoms with van der Waals surface area (Å²) >= 11 is 5.87. The Morgan fingerprint density at radius 1 is 1.06 bits per heavy atom. The summed E-state index contributed by atoms with van der Waals surface area (Å²) in [5.74, 6) is 1.54. The molecule has 0 bridgehead atoms.